The summed E-state index contributed by atoms with van der Waals surface area (Å²) in [5, 5.41) is 5.47. The molecule has 0 bridgehead atoms. The van der Waals surface area contributed by atoms with Crippen molar-refractivity contribution in [1.29, 1.82) is 0 Å². The van der Waals surface area contributed by atoms with Gasteiger partial charge in [-0.1, -0.05) is 43.7 Å². The van der Waals surface area contributed by atoms with Crippen molar-refractivity contribution < 1.29 is 18.0 Å². The van der Waals surface area contributed by atoms with E-state index in [-0.39, 0.29) is 22.5 Å². The Morgan fingerprint density at radius 3 is 2.57 bits per heavy atom. The lowest BCUT2D eigenvalue weighted by molar-refractivity contribution is -0.137. The van der Waals surface area contributed by atoms with Gasteiger partial charge in [-0.3, -0.25) is 4.79 Å². The van der Waals surface area contributed by atoms with Gasteiger partial charge in [0.25, 0.3) is 0 Å². The van der Waals surface area contributed by atoms with Gasteiger partial charge >= 0.3 is 6.18 Å². The van der Waals surface area contributed by atoms with Crippen molar-refractivity contribution in [2.45, 2.75) is 57.7 Å². The average molecular weight is 524 g/mol. The van der Waals surface area contributed by atoms with Gasteiger partial charge < -0.3 is 10.6 Å². The Bertz CT molecular complexity index is 882. The zero-order valence-corrected chi connectivity index (χ0v) is 19.4. The largest absolute Gasteiger partial charge is 0.418 e. The maximum atomic E-state index is 13.7. The molecule has 30 heavy (non-hydrogen) atoms. The zero-order valence-electron chi connectivity index (χ0n) is 16.2. The number of carbonyl (C=O) groups is 1. The van der Waals surface area contributed by atoms with Crippen LogP contribution in [0, 0.1) is 5.92 Å². The van der Waals surface area contributed by atoms with E-state index in [2.05, 4.69) is 26.6 Å². The number of hydrogen-bond donors (Lipinski definition) is 2. The van der Waals surface area contributed by atoms with Crippen LogP contribution < -0.4 is 10.6 Å². The van der Waals surface area contributed by atoms with Gasteiger partial charge in [0.15, 0.2) is 0 Å². The van der Waals surface area contributed by atoms with Gasteiger partial charge in [-0.2, -0.15) is 13.2 Å². The quantitative estimate of drug-likeness (QED) is 0.385. The van der Waals surface area contributed by atoms with Crippen LogP contribution in [-0.2, 0) is 17.5 Å². The van der Waals surface area contributed by atoms with Crippen LogP contribution >= 0.6 is 38.9 Å². The van der Waals surface area contributed by atoms with Crippen molar-refractivity contribution in [2.75, 3.05) is 10.6 Å². The lowest BCUT2D eigenvalue weighted by Gasteiger charge is -2.21. The number of thiophene rings is 1. The average Bonchev–Trinajstić information content (AvgIpc) is 3.11. The minimum atomic E-state index is -4.60. The number of anilines is 2. The maximum Gasteiger partial charge on any atom is 0.418 e. The molecule has 9 heteroatoms. The molecule has 1 saturated carbocycles. The lowest BCUT2D eigenvalue weighted by Crippen LogP contribution is -2.19. The Labute approximate surface area is 191 Å². The number of carbonyl (C=O) groups excluding carboxylic acids is 1. The number of halogens is 5. The summed E-state index contributed by atoms with van der Waals surface area (Å²) in [6, 6.07) is 6.13. The van der Waals surface area contributed by atoms with Gasteiger partial charge in [0.2, 0.25) is 5.91 Å². The number of rotatable bonds is 7. The molecule has 1 aliphatic rings. The fourth-order valence-corrected chi connectivity index (χ4v) is 5.29. The molecule has 1 aliphatic carbocycles. The molecule has 3 nitrogen and oxygen atoms in total. The molecule has 0 aliphatic heterocycles. The molecule has 1 amide bonds. The summed E-state index contributed by atoms with van der Waals surface area (Å²) in [6.45, 7) is 0.355. The van der Waals surface area contributed by atoms with Crippen LogP contribution in [0.15, 0.2) is 28.7 Å². The van der Waals surface area contributed by atoms with Gasteiger partial charge in [-0.15, -0.1) is 11.3 Å². The van der Waals surface area contributed by atoms with Crippen LogP contribution in [0.1, 0.15) is 55.4 Å². The van der Waals surface area contributed by atoms with Gasteiger partial charge in [0.1, 0.15) is 0 Å². The minimum Gasteiger partial charge on any atom is -0.380 e. The van der Waals surface area contributed by atoms with Crippen molar-refractivity contribution >= 4 is 56.1 Å². The van der Waals surface area contributed by atoms with Crippen LogP contribution in [0.2, 0.25) is 4.34 Å². The molecular formula is C21H23BrClF3N2OS. The van der Waals surface area contributed by atoms with E-state index in [0.29, 0.717) is 28.9 Å². The summed E-state index contributed by atoms with van der Waals surface area (Å²) < 4.78 is 41.9. The fourth-order valence-electron chi connectivity index (χ4n) is 3.71. The Morgan fingerprint density at radius 1 is 1.20 bits per heavy atom. The molecule has 2 N–H and O–H groups in total. The molecule has 1 aromatic carbocycles. The highest BCUT2D eigenvalue weighted by Gasteiger charge is 2.35. The van der Waals surface area contributed by atoms with Crippen LogP contribution in [0.5, 0.6) is 0 Å². The van der Waals surface area contributed by atoms with Gasteiger partial charge in [0.05, 0.1) is 15.6 Å². The molecule has 0 unspecified atom stereocenters. The Hall–Kier alpha value is -1.25. The highest BCUT2D eigenvalue weighted by Crippen LogP contribution is 2.41. The van der Waals surface area contributed by atoms with E-state index in [1.165, 1.54) is 30.6 Å². The minimum absolute atomic E-state index is 0.190. The summed E-state index contributed by atoms with van der Waals surface area (Å²) in [7, 11) is 0. The van der Waals surface area contributed by atoms with E-state index in [1.807, 2.05) is 6.07 Å². The van der Waals surface area contributed by atoms with Crippen molar-refractivity contribution in [1.82, 2.24) is 0 Å². The molecule has 1 heterocycles. The Balaban J connectivity index is 1.70. The molecule has 3 rings (SSSR count). The third-order valence-electron chi connectivity index (χ3n) is 5.26. The third kappa shape index (κ3) is 6.62. The Morgan fingerprint density at radius 2 is 1.93 bits per heavy atom. The topological polar surface area (TPSA) is 41.1 Å². The molecule has 1 fully saturated rings. The number of benzene rings is 1. The van der Waals surface area contributed by atoms with Crippen LogP contribution in [0.3, 0.4) is 0 Å². The second-order valence-corrected chi connectivity index (χ2v) is 10.2. The molecular weight excluding hydrogens is 501 g/mol. The first kappa shape index (κ1) is 23.4. The van der Waals surface area contributed by atoms with Gasteiger partial charge in [-0.05, 0) is 52.5 Å². The van der Waals surface area contributed by atoms with E-state index in [1.54, 1.807) is 12.1 Å². The number of alkyl halides is 3. The summed E-state index contributed by atoms with van der Waals surface area (Å²) in [4.78, 5) is 13.3. The van der Waals surface area contributed by atoms with Gasteiger partial charge in [0, 0.05) is 28.0 Å². The normalized spacial score (nSPS) is 15.2. The monoisotopic (exact) mass is 522 g/mol. The van der Waals surface area contributed by atoms with Crippen LogP contribution in [-0.4, -0.2) is 5.91 Å². The lowest BCUT2D eigenvalue weighted by atomic mass is 9.86. The maximum absolute atomic E-state index is 13.7. The molecule has 0 radical (unpaired) electrons. The summed E-state index contributed by atoms with van der Waals surface area (Å²) in [5.41, 5.74) is -0.811. The first-order valence-electron chi connectivity index (χ1n) is 9.91. The first-order valence-corrected chi connectivity index (χ1v) is 11.9. The molecule has 0 spiro atoms. The third-order valence-corrected chi connectivity index (χ3v) is 7.12. The second-order valence-electron chi connectivity index (χ2n) is 7.53. The molecule has 0 atom stereocenters. The SMILES string of the molecule is O=C(CCC1CCCCC1)Nc1c(Br)cc(NCc2ccc(Cl)s2)cc1C(F)(F)F. The van der Waals surface area contributed by atoms with Crippen molar-refractivity contribution in [3.63, 3.8) is 0 Å². The molecule has 164 valence electrons. The van der Waals surface area contributed by atoms with Crippen molar-refractivity contribution in [2.24, 2.45) is 5.92 Å². The fraction of sp³-hybridized carbons (Fsp3) is 0.476. The first-order chi connectivity index (χ1) is 14.2. The van der Waals surface area contributed by atoms with E-state index in [4.69, 9.17) is 11.6 Å². The summed E-state index contributed by atoms with van der Waals surface area (Å²) >= 11 is 10.5. The number of hydrogen-bond acceptors (Lipinski definition) is 3. The highest BCUT2D eigenvalue weighted by atomic mass is 79.9. The van der Waals surface area contributed by atoms with Crippen LogP contribution in [0.25, 0.3) is 0 Å². The smallest absolute Gasteiger partial charge is 0.380 e. The van der Waals surface area contributed by atoms with Crippen molar-refractivity contribution in [3.05, 3.63) is 43.5 Å². The standard InChI is InChI=1S/C21H23BrClF3N2OS/c22-17-11-14(27-12-15-7-8-18(23)30-15)10-16(21(24,25)26)20(17)28-19(29)9-6-13-4-2-1-3-5-13/h7-8,10-11,13,27H,1-6,9,12H2,(H,28,29). The Kier molecular flexibility index (Phi) is 8.10. The molecule has 2 aromatic rings. The van der Waals surface area contributed by atoms with Crippen molar-refractivity contribution in [3.8, 4) is 0 Å². The zero-order chi connectivity index (χ0) is 21.7. The summed E-state index contributed by atoms with van der Waals surface area (Å²) in [5.74, 6) is 0.105. The molecule has 0 saturated heterocycles. The predicted molar refractivity (Wildman–Crippen MR) is 120 cm³/mol. The van der Waals surface area contributed by atoms with E-state index < -0.39 is 11.7 Å². The highest BCUT2D eigenvalue weighted by molar-refractivity contribution is 9.10. The van der Waals surface area contributed by atoms with E-state index in [9.17, 15) is 18.0 Å². The van der Waals surface area contributed by atoms with E-state index in [0.717, 1.165) is 23.8 Å². The van der Waals surface area contributed by atoms with E-state index >= 15 is 0 Å². The molecule has 1 aromatic heterocycles. The number of amides is 1. The van der Waals surface area contributed by atoms with Crippen LogP contribution in [0.4, 0.5) is 24.5 Å². The predicted octanol–water partition coefficient (Wildman–Crippen LogP) is 8.09. The second kappa shape index (κ2) is 10.4. The van der Waals surface area contributed by atoms with Gasteiger partial charge in [-0.25, -0.2) is 0 Å². The number of nitrogens with one attached hydrogen (secondary N) is 2. The summed E-state index contributed by atoms with van der Waals surface area (Å²) in [6.07, 6.45) is 2.11.